The van der Waals surface area contributed by atoms with Crippen LogP contribution in [0.25, 0.3) is 0 Å². The van der Waals surface area contributed by atoms with Crippen molar-refractivity contribution < 1.29 is 13.9 Å². The van der Waals surface area contributed by atoms with E-state index in [1.807, 2.05) is 6.92 Å². The average Bonchev–Trinajstić information content (AvgIpc) is 2.86. The topological polar surface area (TPSA) is 51.5 Å². The van der Waals surface area contributed by atoms with Crippen molar-refractivity contribution in [2.45, 2.75) is 6.92 Å². The summed E-state index contributed by atoms with van der Waals surface area (Å²) in [4.78, 5) is 11.7. The van der Waals surface area contributed by atoms with Crippen molar-refractivity contribution in [1.82, 2.24) is 0 Å². The molecule has 0 saturated heterocycles. The zero-order chi connectivity index (χ0) is 13.0. The van der Waals surface area contributed by atoms with Crippen LogP contribution in [-0.2, 0) is 0 Å². The molecule has 1 N–H and O–H groups in total. The fourth-order valence-corrected chi connectivity index (χ4v) is 1.69. The summed E-state index contributed by atoms with van der Waals surface area (Å²) in [7, 11) is 0. The number of amides is 1. The van der Waals surface area contributed by atoms with E-state index in [-0.39, 0.29) is 11.7 Å². The highest BCUT2D eigenvalue weighted by Gasteiger charge is 2.10. The SMILES string of the molecule is CCOc1ccc(NC(=O)c2ccco2)cc1Cl. The van der Waals surface area contributed by atoms with Gasteiger partial charge in [0, 0.05) is 5.69 Å². The van der Waals surface area contributed by atoms with Gasteiger partial charge < -0.3 is 14.5 Å². The molecule has 1 aromatic heterocycles. The van der Waals surface area contributed by atoms with Gasteiger partial charge in [-0.1, -0.05) is 11.6 Å². The molecule has 0 aliphatic carbocycles. The lowest BCUT2D eigenvalue weighted by Crippen LogP contribution is -2.10. The summed E-state index contributed by atoms with van der Waals surface area (Å²) in [6, 6.07) is 8.31. The lowest BCUT2D eigenvalue weighted by molar-refractivity contribution is 0.0996. The molecule has 5 heteroatoms. The van der Waals surface area contributed by atoms with Gasteiger partial charge >= 0.3 is 0 Å². The van der Waals surface area contributed by atoms with E-state index in [1.54, 1.807) is 30.3 Å². The Morgan fingerprint density at radius 3 is 2.89 bits per heavy atom. The Kier molecular flexibility index (Phi) is 3.89. The first-order valence-corrected chi connectivity index (χ1v) is 5.85. The van der Waals surface area contributed by atoms with Crippen molar-refractivity contribution >= 4 is 23.2 Å². The number of anilines is 1. The number of rotatable bonds is 4. The molecule has 2 aromatic rings. The number of carbonyl (C=O) groups is 1. The van der Waals surface area contributed by atoms with E-state index in [2.05, 4.69) is 5.32 Å². The molecule has 0 spiro atoms. The quantitative estimate of drug-likeness (QED) is 0.919. The second-order valence-corrected chi connectivity index (χ2v) is 3.92. The Labute approximate surface area is 110 Å². The van der Waals surface area contributed by atoms with Crippen molar-refractivity contribution in [3.05, 3.63) is 47.4 Å². The molecule has 94 valence electrons. The summed E-state index contributed by atoms with van der Waals surface area (Å²) >= 11 is 6.02. The minimum absolute atomic E-state index is 0.250. The van der Waals surface area contributed by atoms with Gasteiger partial charge in [-0.25, -0.2) is 0 Å². The van der Waals surface area contributed by atoms with Crippen molar-refractivity contribution in [3.63, 3.8) is 0 Å². The van der Waals surface area contributed by atoms with E-state index in [0.717, 1.165) is 0 Å². The fourth-order valence-electron chi connectivity index (χ4n) is 1.45. The van der Waals surface area contributed by atoms with E-state index < -0.39 is 0 Å². The molecule has 4 nitrogen and oxygen atoms in total. The summed E-state index contributed by atoms with van der Waals surface area (Å²) in [6.07, 6.45) is 1.44. The minimum Gasteiger partial charge on any atom is -0.492 e. The smallest absolute Gasteiger partial charge is 0.291 e. The number of ether oxygens (including phenoxy) is 1. The van der Waals surface area contributed by atoms with Crippen LogP contribution in [0.3, 0.4) is 0 Å². The van der Waals surface area contributed by atoms with E-state index >= 15 is 0 Å². The van der Waals surface area contributed by atoms with Crippen LogP contribution in [0.5, 0.6) is 5.75 Å². The van der Waals surface area contributed by atoms with E-state index in [4.69, 9.17) is 20.8 Å². The molecule has 1 heterocycles. The fraction of sp³-hybridized carbons (Fsp3) is 0.154. The number of carbonyl (C=O) groups excluding carboxylic acids is 1. The number of benzene rings is 1. The van der Waals surface area contributed by atoms with Gasteiger partial charge in [0.25, 0.3) is 5.91 Å². The standard InChI is InChI=1S/C13H12ClNO3/c1-2-17-11-6-5-9(8-10(11)14)15-13(16)12-4-3-7-18-12/h3-8H,2H2,1H3,(H,15,16). The molecule has 0 unspecified atom stereocenters. The zero-order valence-electron chi connectivity index (χ0n) is 9.77. The van der Waals surface area contributed by atoms with E-state index in [9.17, 15) is 4.79 Å². The van der Waals surface area contributed by atoms with Gasteiger partial charge in [0.1, 0.15) is 5.75 Å². The third-order valence-corrected chi connectivity index (χ3v) is 2.53. The van der Waals surface area contributed by atoms with Crippen LogP contribution in [-0.4, -0.2) is 12.5 Å². The third-order valence-electron chi connectivity index (χ3n) is 2.23. The van der Waals surface area contributed by atoms with E-state index in [1.165, 1.54) is 6.26 Å². The van der Waals surface area contributed by atoms with Crippen molar-refractivity contribution in [1.29, 1.82) is 0 Å². The monoisotopic (exact) mass is 265 g/mol. The number of hydrogen-bond donors (Lipinski definition) is 1. The largest absolute Gasteiger partial charge is 0.492 e. The Balaban J connectivity index is 2.11. The van der Waals surface area contributed by atoms with Crippen molar-refractivity contribution in [3.8, 4) is 5.75 Å². The predicted molar refractivity (Wildman–Crippen MR) is 69.3 cm³/mol. The predicted octanol–water partition coefficient (Wildman–Crippen LogP) is 3.58. The molecular weight excluding hydrogens is 254 g/mol. The summed E-state index contributed by atoms with van der Waals surface area (Å²) in [5, 5.41) is 3.13. The molecule has 0 atom stereocenters. The number of hydrogen-bond acceptors (Lipinski definition) is 3. The molecule has 0 aliphatic rings. The summed E-state index contributed by atoms with van der Waals surface area (Å²) in [5.74, 6) is 0.524. The van der Waals surface area contributed by atoms with Crippen LogP contribution in [0, 0.1) is 0 Å². The maximum absolute atomic E-state index is 11.7. The highest BCUT2D eigenvalue weighted by molar-refractivity contribution is 6.32. The van der Waals surface area contributed by atoms with Gasteiger partial charge in [-0.05, 0) is 37.3 Å². The first kappa shape index (κ1) is 12.5. The van der Waals surface area contributed by atoms with Crippen LogP contribution in [0.2, 0.25) is 5.02 Å². The molecule has 1 amide bonds. The first-order chi connectivity index (χ1) is 8.70. The average molecular weight is 266 g/mol. The third kappa shape index (κ3) is 2.84. The second kappa shape index (κ2) is 5.60. The van der Waals surface area contributed by atoms with Crippen LogP contribution in [0.1, 0.15) is 17.5 Å². The number of nitrogens with one attached hydrogen (secondary N) is 1. The molecule has 2 rings (SSSR count). The normalized spacial score (nSPS) is 10.1. The summed E-state index contributed by atoms with van der Waals surface area (Å²) in [6.45, 7) is 2.42. The van der Waals surface area contributed by atoms with Crippen molar-refractivity contribution in [2.24, 2.45) is 0 Å². The molecule has 18 heavy (non-hydrogen) atoms. The van der Waals surface area contributed by atoms with Crippen LogP contribution >= 0.6 is 11.6 Å². The summed E-state index contributed by atoms with van der Waals surface area (Å²) < 4.78 is 10.3. The molecular formula is C13H12ClNO3. The summed E-state index contributed by atoms with van der Waals surface area (Å²) in [5.41, 5.74) is 0.588. The Bertz CT molecular complexity index is 537. The molecule has 1 aromatic carbocycles. The molecule has 0 radical (unpaired) electrons. The van der Waals surface area contributed by atoms with Gasteiger partial charge in [0.05, 0.1) is 17.9 Å². The maximum atomic E-state index is 11.7. The van der Waals surface area contributed by atoms with Gasteiger partial charge in [0.15, 0.2) is 5.76 Å². The highest BCUT2D eigenvalue weighted by atomic mass is 35.5. The Morgan fingerprint density at radius 1 is 1.44 bits per heavy atom. The highest BCUT2D eigenvalue weighted by Crippen LogP contribution is 2.27. The lowest BCUT2D eigenvalue weighted by Gasteiger charge is -2.08. The molecule has 0 saturated carbocycles. The van der Waals surface area contributed by atoms with Crippen LogP contribution in [0.4, 0.5) is 5.69 Å². The number of furan rings is 1. The Hall–Kier alpha value is -1.94. The van der Waals surface area contributed by atoms with Crippen molar-refractivity contribution in [2.75, 3.05) is 11.9 Å². The van der Waals surface area contributed by atoms with Gasteiger partial charge in [-0.3, -0.25) is 4.79 Å². The maximum Gasteiger partial charge on any atom is 0.291 e. The minimum atomic E-state index is -0.319. The Morgan fingerprint density at radius 2 is 2.28 bits per heavy atom. The molecule has 0 fully saturated rings. The molecule has 0 bridgehead atoms. The van der Waals surface area contributed by atoms with Gasteiger partial charge in [0.2, 0.25) is 0 Å². The molecule has 0 aliphatic heterocycles. The van der Waals surface area contributed by atoms with Crippen LogP contribution < -0.4 is 10.1 Å². The van der Waals surface area contributed by atoms with Crippen LogP contribution in [0.15, 0.2) is 41.0 Å². The lowest BCUT2D eigenvalue weighted by atomic mass is 10.3. The van der Waals surface area contributed by atoms with E-state index in [0.29, 0.717) is 23.1 Å². The van der Waals surface area contributed by atoms with Gasteiger partial charge in [-0.15, -0.1) is 0 Å². The van der Waals surface area contributed by atoms with Gasteiger partial charge in [-0.2, -0.15) is 0 Å². The second-order valence-electron chi connectivity index (χ2n) is 3.51. The number of halogens is 1. The first-order valence-electron chi connectivity index (χ1n) is 5.48. The zero-order valence-corrected chi connectivity index (χ0v) is 10.5.